The first kappa shape index (κ1) is 13.1. The second kappa shape index (κ2) is 5.00. The van der Waals surface area contributed by atoms with Gasteiger partial charge in [0, 0.05) is 18.8 Å². The topological polar surface area (TPSA) is 45.0 Å². The molecule has 4 aliphatic carbocycles. The number of rotatable bonds is 3. The summed E-state index contributed by atoms with van der Waals surface area (Å²) < 4.78 is 5.45. The highest BCUT2D eigenvalue weighted by Crippen LogP contribution is 2.55. The summed E-state index contributed by atoms with van der Waals surface area (Å²) in [7, 11) is 0. The fraction of sp³-hybridized carbons (Fsp3) is 0.941. The molecule has 0 amide bonds. The molecule has 20 heavy (non-hydrogen) atoms. The van der Waals surface area contributed by atoms with Gasteiger partial charge in [-0.3, -0.25) is 5.32 Å². The molecular formula is C17H26N2O. The summed E-state index contributed by atoms with van der Waals surface area (Å²) in [6, 6.07) is 2.63. The van der Waals surface area contributed by atoms with Crippen LogP contribution in [0.1, 0.15) is 51.4 Å². The standard InChI is InChI=1S/C17H26N2O/c18-11-16(15-1-3-20-4-2-15)19-17-8-12-5-13(9-17)7-14(6-12)10-17/h12-16,19H,1-10H2. The SMILES string of the molecule is N#CC(NC12CC3CC(CC(C3)C1)C2)C1CCOCC1. The van der Waals surface area contributed by atoms with Gasteiger partial charge in [0.1, 0.15) is 0 Å². The molecule has 3 nitrogen and oxygen atoms in total. The zero-order valence-corrected chi connectivity index (χ0v) is 12.3. The van der Waals surface area contributed by atoms with Gasteiger partial charge in [-0.2, -0.15) is 5.26 Å². The van der Waals surface area contributed by atoms with Crippen LogP contribution < -0.4 is 5.32 Å². The van der Waals surface area contributed by atoms with E-state index in [1.807, 2.05) is 0 Å². The Balaban J connectivity index is 1.48. The number of ether oxygens (including phenoxy) is 1. The summed E-state index contributed by atoms with van der Waals surface area (Å²) in [5, 5.41) is 13.5. The lowest BCUT2D eigenvalue weighted by molar-refractivity contribution is -0.0298. The highest BCUT2D eigenvalue weighted by molar-refractivity contribution is 5.10. The van der Waals surface area contributed by atoms with Crippen molar-refractivity contribution in [1.29, 1.82) is 5.26 Å². The predicted octanol–water partition coefficient (Wildman–Crippen LogP) is 2.86. The van der Waals surface area contributed by atoms with Crippen LogP contribution in [0, 0.1) is 35.0 Å². The maximum atomic E-state index is 9.63. The van der Waals surface area contributed by atoms with Crippen molar-refractivity contribution >= 4 is 0 Å². The molecule has 110 valence electrons. The Bertz CT molecular complexity index is 372. The van der Waals surface area contributed by atoms with Gasteiger partial charge in [-0.25, -0.2) is 0 Å². The van der Waals surface area contributed by atoms with Gasteiger partial charge in [-0.05, 0) is 75.0 Å². The third-order valence-electron chi connectivity index (χ3n) is 6.38. The molecule has 0 aromatic rings. The van der Waals surface area contributed by atoms with E-state index < -0.39 is 0 Å². The van der Waals surface area contributed by atoms with Gasteiger partial charge in [-0.1, -0.05) is 0 Å². The number of nitrogens with zero attached hydrogens (tertiary/aromatic N) is 1. The predicted molar refractivity (Wildman–Crippen MR) is 77.0 cm³/mol. The average molecular weight is 274 g/mol. The van der Waals surface area contributed by atoms with E-state index in [1.165, 1.54) is 38.5 Å². The fourth-order valence-electron chi connectivity index (χ4n) is 5.92. The summed E-state index contributed by atoms with van der Waals surface area (Å²) in [6.45, 7) is 1.68. The molecule has 0 radical (unpaired) electrons. The second-order valence-electron chi connectivity index (χ2n) is 7.90. The minimum absolute atomic E-state index is 0.0511. The van der Waals surface area contributed by atoms with Crippen molar-refractivity contribution in [2.24, 2.45) is 23.7 Å². The van der Waals surface area contributed by atoms with Crippen LogP contribution in [0.4, 0.5) is 0 Å². The Kier molecular flexibility index (Phi) is 3.27. The summed E-state index contributed by atoms with van der Waals surface area (Å²) in [5.41, 5.74) is 0.313. The fourth-order valence-corrected chi connectivity index (χ4v) is 5.92. The van der Waals surface area contributed by atoms with Crippen LogP contribution in [0.2, 0.25) is 0 Å². The molecule has 0 aromatic carbocycles. The molecule has 0 aromatic heterocycles. The van der Waals surface area contributed by atoms with Gasteiger partial charge in [0.2, 0.25) is 0 Å². The van der Waals surface area contributed by atoms with E-state index in [4.69, 9.17) is 4.74 Å². The minimum Gasteiger partial charge on any atom is -0.381 e. The zero-order valence-electron chi connectivity index (χ0n) is 12.3. The lowest BCUT2D eigenvalue weighted by atomic mass is 9.53. The molecule has 5 fully saturated rings. The van der Waals surface area contributed by atoms with Gasteiger partial charge in [0.15, 0.2) is 0 Å². The first-order valence-electron chi connectivity index (χ1n) is 8.51. The van der Waals surface area contributed by atoms with Crippen LogP contribution in [0.25, 0.3) is 0 Å². The summed E-state index contributed by atoms with van der Waals surface area (Å²) in [6.07, 6.45) is 10.5. The molecule has 1 atom stereocenters. The quantitative estimate of drug-likeness (QED) is 0.860. The summed E-state index contributed by atoms with van der Waals surface area (Å²) in [5.74, 6) is 3.34. The van der Waals surface area contributed by atoms with Crippen molar-refractivity contribution in [3.05, 3.63) is 0 Å². The molecular weight excluding hydrogens is 248 g/mol. The highest BCUT2D eigenvalue weighted by Gasteiger charge is 2.51. The van der Waals surface area contributed by atoms with Crippen molar-refractivity contribution in [3.8, 4) is 6.07 Å². The Morgan fingerprint density at radius 2 is 1.55 bits per heavy atom. The number of nitriles is 1. The maximum absolute atomic E-state index is 9.63. The van der Waals surface area contributed by atoms with E-state index in [-0.39, 0.29) is 6.04 Å². The molecule has 5 aliphatic rings. The monoisotopic (exact) mass is 274 g/mol. The normalized spacial score (nSPS) is 45.2. The lowest BCUT2D eigenvalue weighted by Gasteiger charge is -2.58. The molecule has 1 heterocycles. The van der Waals surface area contributed by atoms with Crippen LogP contribution in [0.3, 0.4) is 0 Å². The third-order valence-corrected chi connectivity index (χ3v) is 6.38. The van der Waals surface area contributed by atoms with E-state index in [2.05, 4.69) is 11.4 Å². The Morgan fingerprint density at radius 3 is 2.05 bits per heavy atom. The Labute approximate surface area is 122 Å². The first-order valence-corrected chi connectivity index (χ1v) is 8.51. The summed E-state index contributed by atoms with van der Waals surface area (Å²) in [4.78, 5) is 0. The molecule has 5 rings (SSSR count). The van der Waals surface area contributed by atoms with Crippen molar-refractivity contribution < 1.29 is 4.74 Å². The molecule has 4 bridgehead atoms. The molecule has 1 unspecified atom stereocenters. The van der Waals surface area contributed by atoms with Crippen LogP contribution >= 0.6 is 0 Å². The van der Waals surface area contributed by atoms with Gasteiger partial charge in [-0.15, -0.1) is 0 Å². The molecule has 1 aliphatic heterocycles. The third kappa shape index (κ3) is 2.27. The van der Waals surface area contributed by atoms with E-state index in [0.717, 1.165) is 43.8 Å². The smallest absolute Gasteiger partial charge is 0.0987 e. The zero-order chi connectivity index (χ0) is 13.6. The Morgan fingerprint density at radius 1 is 1.00 bits per heavy atom. The van der Waals surface area contributed by atoms with Crippen LogP contribution in [-0.2, 0) is 4.74 Å². The van der Waals surface area contributed by atoms with Gasteiger partial charge < -0.3 is 4.74 Å². The molecule has 0 spiro atoms. The van der Waals surface area contributed by atoms with Crippen LogP contribution in [0.5, 0.6) is 0 Å². The van der Waals surface area contributed by atoms with Crippen LogP contribution in [-0.4, -0.2) is 24.8 Å². The van der Waals surface area contributed by atoms with E-state index in [9.17, 15) is 5.26 Å². The maximum Gasteiger partial charge on any atom is 0.0987 e. The average Bonchev–Trinajstić information content (AvgIpc) is 2.44. The molecule has 1 N–H and O–H groups in total. The summed E-state index contributed by atoms with van der Waals surface area (Å²) >= 11 is 0. The number of hydrogen-bond acceptors (Lipinski definition) is 3. The van der Waals surface area contributed by atoms with E-state index >= 15 is 0 Å². The van der Waals surface area contributed by atoms with Gasteiger partial charge in [0.25, 0.3) is 0 Å². The lowest BCUT2D eigenvalue weighted by Crippen LogP contribution is -2.61. The first-order chi connectivity index (χ1) is 9.76. The van der Waals surface area contributed by atoms with Crippen molar-refractivity contribution in [2.45, 2.75) is 62.9 Å². The molecule has 3 heteroatoms. The number of nitrogens with one attached hydrogen (secondary N) is 1. The van der Waals surface area contributed by atoms with Crippen molar-refractivity contribution in [2.75, 3.05) is 13.2 Å². The van der Waals surface area contributed by atoms with Crippen molar-refractivity contribution in [1.82, 2.24) is 5.32 Å². The highest BCUT2D eigenvalue weighted by atomic mass is 16.5. The molecule has 4 saturated carbocycles. The van der Waals surface area contributed by atoms with Gasteiger partial charge in [0.05, 0.1) is 12.1 Å². The minimum atomic E-state index is 0.0511. The number of hydrogen-bond donors (Lipinski definition) is 1. The second-order valence-corrected chi connectivity index (χ2v) is 7.90. The van der Waals surface area contributed by atoms with Gasteiger partial charge >= 0.3 is 0 Å². The van der Waals surface area contributed by atoms with E-state index in [0.29, 0.717) is 11.5 Å². The van der Waals surface area contributed by atoms with Crippen LogP contribution in [0.15, 0.2) is 0 Å². The van der Waals surface area contributed by atoms with E-state index in [1.54, 1.807) is 0 Å². The van der Waals surface area contributed by atoms with Crippen molar-refractivity contribution in [3.63, 3.8) is 0 Å². The largest absolute Gasteiger partial charge is 0.381 e. The Hall–Kier alpha value is -0.590. The molecule has 1 saturated heterocycles.